The van der Waals surface area contributed by atoms with Crippen LogP contribution in [0.2, 0.25) is 5.02 Å². The Hall–Kier alpha value is -4.17. The Labute approximate surface area is 225 Å². The van der Waals surface area contributed by atoms with Crippen LogP contribution in [0.1, 0.15) is 46.6 Å². The Morgan fingerprint density at radius 3 is 2.66 bits per heavy atom. The maximum Gasteiger partial charge on any atom is 0.273 e. The molecule has 1 unspecified atom stereocenters. The van der Waals surface area contributed by atoms with Gasteiger partial charge in [-0.15, -0.1) is 0 Å². The number of hydrogen-bond donors (Lipinski definition) is 1. The number of carbonyl (C=O) groups excluding carboxylic acids is 1. The lowest BCUT2D eigenvalue weighted by Crippen LogP contribution is -2.29. The van der Waals surface area contributed by atoms with Crippen LogP contribution in [-0.4, -0.2) is 41.5 Å². The lowest BCUT2D eigenvalue weighted by Gasteiger charge is -2.27. The summed E-state index contributed by atoms with van der Waals surface area (Å²) in [7, 11) is 1.62. The zero-order chi connectivity index (χ0) is 26.2. The normalized spacial score (nSPS) is 15.6. The molecule has 1 amide bonds. The van der Waals surface area contributed by atoms with Crippen molar-refractivity contribution in [3.05, 3.63) is 88.1 Å². The lowest BCUT2D eigenvalue weighted by molar-refractivity contribution is 0.0729. The predicted octanol–water partition coefficient (Wildman–Crippen LogP) is 6.00. The molecule has 1 N–H and O–H groups in total. The van der Waals surface area contributed by atoms with E-state index in [9.17, 15) is 4.79 Å². The fourth-order valence-electron chi connectivity index (χ4n) is 4.96. The topological polar surface area (TPSA) is 85.9 Å². The summed E-state index contributed by atoms with van der Waals surface area (Å²) in [5.74, 6) is 2.50. The first-order chi connectivity index (χ1) is 18.6. The number of methoxy groups -OCH3 is 1. The number of amides is 1. The monoisotopic (exact) mass is 531 g/mol. The maximum atomic E-state index is 13.8. The number of aromatic nitrogens is 2. The minimum atomic E-state index is -0.415. The Bertz CT molecular complexity index is 1500. The SMILES string of the molecule is CCCOc1ccc(C2c3c(-c4ccc(Cl)cc4)n[nH]c3C(=O)N2Cc2ccc3c(c2)OCO3)cc1OC. The fraction of sp³-hybridized carbons (Fsp3) is 0.241. The van der Waals surface area contributed by atoms with Crippen LogP contribution in [0.15, 0.2) is 60.7 Å². The number of fused-ring (bicyclic) bond motifs is 2. The molecule has 0 radical (unpaired) electrons. The zero-order valence-corrected chi connectivity index (χ0v) is 21.7. The molecule has 0 spiro atoms. The Kier molecular flexibility index (Phi) is 6.33. The highest BCUT2D eigenvalue weighted by molar-refractivity contribution is 6.30. The van der Waals surface area contributed by atoms with Gasteiger partial charge in [-0.05, 0) is 53.9 Å². The predicted molar refractivity (Wildman–Crippen MR) is 142 cm³/mol. The summed E-state index contributed by atoms with van der Waals surface area (Å²) in [5, 5.41) is 8.17. The van der Waals surface area contributed by atoms with Gasteiger partial charge >= 0.3 is 0 Å². The van der Waals surface area contributed by atoms with Crippen LogP contribution in [0.25, 0.3) is 11.3 Å². The molecule has 38 heavy (non-hydrogen) atoms. The standard InChI is InChI=1S/C29H26ClN3O5/c1-3-12-36-21-11-7-19(14-23(21)35-2)28-25-26(18-5-8-20(30)9-6-18)31-32-27(25)29(34)33(28)15-17-4-10-22-24(13-17)38-16-37-22/h4-11,13-14,28H,3,12,15-16H2,1-2H3,(H,31,32). The van der Waals surface area contributed by atoms with Crippen LogP contribution < -0.4 is 18.9 Å². The summed E-state index contributed by atoms with van der Waals surface area (Å²) in [5.41, 5.74) is 4.65. The van der Waals surface area contributed by atoms with Gasteiger partial charge in [-0.2, -0.15) is 5.10 Å². The van der Waals surface area contributed by atoms with Gasteiger partial charge in [-0.3, -0.25) is 9.89 Å². The molecule has 0 saturated heterocycles. The summed E-state index contributed by atoms with van der Waals surface area (Å²) in [4.78, 5) is 15.6. The second-order valence-corrected chi connectivity index (χ2v) is 9.59. The Morgan fingerprint density at radius 2 is 1.87 bits per heavy atom. The molecule has 2 aliphatic heterocycles. The summed E-state index contributed by atoms with van der Waals surface area (Å²) < 4.78 is 22.6. The van der Waals surface area contributed by atoms with Crippen LogP contribution in [-0.2, 0) is 6.54 Å². The summed E-state index contributed by atoms with van der Waals surface area (Å²) in [6, 6.07) is 18.6. The highest BCUT2D eigenvalue weighted by Gasteiger charge is 2.42. The van der Waals surface area contributed by atoms with Gasteiger partial charge in [0.2, 0.25) is 6.79 Å². The van der Waals surface area contributed by atoms with Gasteiger partial charge in [0, 0.05) is 22.7 Å². The zero-order valence-electron chi connectivity index (χ0n) is 21.0. The number of aromatic amines is 1. The van der Waals surface area contributed by atoms with Crippen molar-refractivity contribution >= 4 is 17.5 Å². The maximum absolute atomic E-state index is 13.8. The quantitative estimate of drug-likeness (QED) is 0.300. The molecule has 8 nitrogen and oxygen atoms in total. The van der Waals surface area contributed by atoms with Crippen molar-refractivity contribution in [2.24, 2.45) is 0 Å². The molecule has 0 saturated carbocycles. The third kappa shape index (κ3) is 4.20. The molecule has 6 rings (SSSR count). The molecule has 9 heteroatoms. The average Bonchev–Trinajstić information content (AvgIpc) is 3.64. The molecule has 0 aliphatic carbocycles. The van der Waals surface area contributed by atoms with Crippen molar-refractivity contribution in [2.75, 3.05) is 20.5 Å². The Morgan fingerprint density at radius 1 is 1.05 bits per heavy atom. The van der Waals surface area contributed by atoms with Crippen molar-refractivity contribution < 1.29 is 23.7 Å². The molecule has 3 aromatic carbocycles. The van der Waals surface area contributed by atoms with Crippen LogP contribution in [0, 0.1) is 0 Å². The van der Waals surface area contributed by atoms with E-state index in [1.165, 1.54) is 0 Å². The number of H-pyrrole nitrogens is 1. The van der Waals surface area contributed by atoms with Crippen molar-refractivity contribution in [3.8, 4) is 34.3 Å². The molecule has 4 aromatic rings. The van der Waals surface area contributed by atoms with Gasteiger partial charge in [0.15, 0.2) is 23.0 Å². The van der Waals surface area contributed by atoms with E-state index in [0.29, 0.717) is 52.6 Å². The smallest absolute Gasteiger partial charge is 0.273 e. The average molecular weight is 532 g/mol. The highest BCUT2D eigenvalue weighted by atomic mass is 35.5. The largest absolute Gasteiger partial charge is 0.493 e. The van der Waals surface area contributed by atoms with E-state index < -0.39 is 6.04 Å². The van der Waals surface area contributed by atoms with E-state index in [1.807, 2.05) is 65.6 Å². The van der Waals surface area contributed by atoms with Crippen LogP contribution in [0.4, 0.5) is 0 Å². The van der Waals surface area contributed by atoms with E-state index in [-0.39, 0.29) is 12.7 Å². The summed E-state index contributed by atoms with van der Waals surface area (Å²) in [6.45, 7) is 3.19. The minimum absolute atomic E-state index is 0.138. The van der Waals surface area contributed by atoms with Gasteiger partial charge in [-0.25, -0.2) is 0 Å². The second-order valence-electron chi connectivity index (χ2n) is 9.15. The number of carbonyl (C=O) groups is 1. The first-order valence-electron chi connectivity index (χ1n) is 12.4. The molecule has 1 aromatic heterocycles. The van der Waals surface area contributed by atoms with E-state index >= 15 is 0 Å². The number of nitrogens with zero attached hydrogens (tertiary/aromatic N) is 2. The number of ether oxygens (including phenoxy) is 4. The number of nitrogens with one attached hydrogen (secondary N) is 1. The van der Waals surface area contributed by atoms with Gasteiger partial charge in [0.05, 0.1) is 25.5 Å². The summed E-state index contributed by atoms with van der Waals surface area (Å²) in [6.07, 6.45) is 0.883. The highest BCUT2D eigenvalue weighted by Crippen LogP contribution is 2.45. The summed E-state index contributed by atoms with van der Waals surface area (Å²) >= 11 is 6.14. The third-order valence-electron chi connectivity index (χ3n) is 6.74. The van der Waals surface area contributed by atoms with Crippen molar-refractivity contribution in [2.45, 2.75) is 25.9 Å². The van der Waals surface area contributed by atoms with Crippen molar-refractivity contribution in [3.63, 3.8) is 0 Å². The molecule has 2 aliphatic rings. The van der Waals surface area contributed by atoms with E-state index in [0.717, 1.165) is 28.7 Å². The van der Waals surface area contributed by atoms with Gasteiger partial charge in [-0.1, -0.05) is 42.8 Å². The van der Waals surface area contributed by atoms with Gasteiger partial charge in [0.1, 0.15) is 5.69 Å². The first kappa shape index (κ1) is 24.2. The van der Waals surface area contributed by atoms with Crippen molar-refractivity contribution in [1.29, 1.82) is 0 Å². The van der Waals surface area contributed by atoms with Crippen molar-refractivity contribution in [1.82, 2.24) is 15.1 Å². The van der Waals surface area contributed by atoms with Crippen LogP contribution >= 0.6 is 11.6 Å². The van der Waals surface area contributed by atoms with Gasteiger partial charge in [0.25, 0.3) is 5.91 Å². The number of halogens is 1. The van der Waals surface area contributed by atoms with E-state index in [1.54, 1.807) is 7.11 Å². The third-order valence-corrected chi connectivity index (χ3v) is 6.99. The number of rotatable bonds is 8. The van der Waals surface area contributed by atoms with Crippen LogP contribution in [0.3, 0.4) is 0 Å². The van der Waals surface area contributed by atoms with E-state index in [4.69, 9.17) is 30.5 Å². The molecule has 1 atom stereocenters. The number of benzene rings is 3. The second kappa shape index (κ2) is 9.95. The molecular formula is C29H26ClN3O5. The van der Waals surface area contributed by atoms with Gasteiger partial charge < -0.3 is 23.8 Å². The fourth-order valence-corrected chi connectivity index (χ4v) is 5.08. The number of hydrogen-bond acceptors (Lipinski definition) is 6. The van der Waals surface area contributed by atoms with Crippen LogP contribution in [0.5, 0.6) is 23.0 Å². The minimum Gasteiger partial charge on any atom is -0.493 e. The molecular weight excluding hydrogens is 506 g/mol. The first-order valence-corrected chi connectivity index (χ1v) is 12.8. The Balaban J connectivity index is 1.45. The van der Waals surface area contributed by atoms with E-state index in [2.05, 4.69) is 17.1 Å². The molecule has 3 heterocycles. The lowest BCUT2D eigenvalue weighted by atomic mass is 9.95. The molecule has 194 valence electrons. The molecule has 0 bridgehead atoms. The molecule has 0 fully saturated rings.